The van der Waals surface area contributed by atoms with Crippen LogP contribution in [0.15, 0.2) is 60.9 Å². The van der Waals surface area contributed by atoms with E-state index in [4.69, 9.17) is 5.11 Å². The van der Waals surface area contributed by atoms with Gasteiger partial charge in [0.05, 0.1) is 7.11 Å². The highest BCUT2D eigenvalue weighted by atomic mass is 19.2. The molecule has 0 aliphatic rings. The lowest BCUT2D eigenvalue weighted by molar-refractivity contribution is 0.280. The lowest BCUT2D eigenvalue weighted by Gasteiger charge is -2.17. The average molecular weight is 443 g/mol. The molecular weight excluding hydrogens is 408 g/mol. The molecular formula is C25H34F4O2. The smallest absolute Gasteiger partial charge is 0.200 e. The number of phenolic OH excluding ortho intramolecular Hbond substituents is 1. The minimum absolute atomic E-state index is 0.0320. The van der Waals surface area contributed by atoms with E-state index in [0.29, 0.717) is 25.7 Å². The highest BCUT2D eigenvalue weighted by molar-refractivity contribution is 5.33. The van der Waals surface area contributed by atoms with Crippen LogP contribution in [0, 0.1) is 23.5 Å². The zero-order chi connectivity index (χ0) is 24.1. The van der Waals surface area contributed by atoms with Gasteiger partial charge >= 0.3 is 0 Å². The van der Waals surface area contributed by atoms with Crippen molar-refractivity contribution < 1.29 is 27.4 Å². The summed E-state index contributed by atoms with van der Waals surface area (Å²) in [6, 6.07) is 2.48. The predicted octanol–water partition coefficient (Wildman–Crippen LogP) is 8.10. The summed E-state index contributed by atoms with van der Waals surface area (Å²) in [5.41, 5.74) is 0.230. The minimum Gasteiger partial charge on any atom is -0.505 e. The maximum Gasteiger partial charge on any atom is 0.200 e. The predicted molar refractivity (Wildman–Crippen MR) is 119 cm³/mol. The van der Waals surface area contributed by atoms with Crippen LogP contribution < -0.4 is 0 Å². The summed E-state index contributed by atoms with van der Waals surface area (Å²) >= 11 is 0. The molecule has 0 bridgehead atoms. The van der Waals surface area contributed by atoms with Crippen molar-refractivity contribution in [1.82, 2.24) is 0 Å². The van der Waals surface area contributed by atoms with Gasteiger partial charge in [-0.25, -0.2) is 8.78 Å². The van der Waals surface area contributed by atoms with Crippen molar-refractivity contribution in [3.05, 3.63) is 78.1 Å². The third kappa shape index (κ3) is 9.45. The topological polar surface area (TPSA) is 29.5 Å². The van der Waals surface area contributed by atoms with Gasteiger partial charge in [-0.1, -0.05) is 52.5 Å². The second-order valence-corrected chi connectivity index (χ2v) is 7.47. The fourth-order valence-electron chi connectivity index (χ4n) is 2.60. The summed E-state index contributed by atoms with van der Waals surface area (Å²) in [6.07, 6.45) is 5.11. The van der Waals surface area contributed by atoms with Crippen LogP contribution in [0.3, 0.4) is 0 Å². The molecule has 2 unspecified atom stereocenters. The molecule has 2 nitrogen and oxygen atoms in total. The van der Waals surface area contributed by atoms with Crippen LogP contribution in [0.5, 0.6) is 5.75 Å². The van der Waals surface area contributed by atoms with Crippen LogP contribution in [0.2, 0.25) is 0 Å². The van der Waals surface area contributed by atoms with Gasteiger partial charge in [-0.05, 0) is 54.7 Å². The molecule has 6 heteroatoms. The molecule has 31 heavy (non-hydrogen) atoms. The SMILES string of the molecule is C=C(OC)/C(F)=C(/F)C(=C)C(C)CCC(C)CCc1ccc(O)c(F)c1F.C=CCC. The molecule has 1 rings (SSSR count). The quantitative estimate of drug-likeness (QED) is 0.162. The summed E-state index contributed by atoms with van der Waals surface area (Å²) < 4.78 is 59.5. The molecule has 1 aromatic carbocycles. The Balaban J connectivity index is 0.00000206. The van der Waals surface area contributed by atoms with Gasteiger partial charge in [0.2, 0.25) is 5.82 Å². The van der Waals surface area contributed by atoms with E-state index in [1.165, 1.54) is 13.2 Å². The Labute approximate surface area is 183 Å². The summed E-state index contributed by atoms with van der Waals surface area (Å²) in [5, 5.41) is 9.14. The van der Waals surface area contributed by atoms with Gasteiger partial charge in [-0.2, -0.15) is 8.78 Å². The van der Waals surface area contributed by atoms with E-state index < -0.39 is 34.8 Å². The van der Waals surface area contributed by atoms with Gasteiger partial charge in [0, 0.05) is 0 Å². The van der Waals surface area contributed by atoms with E-state index in [2.05, 4.69) is 31.4 Å². The maximum atomic E-state index is 14.1. The number of allylic oxidation sites excluding steroid dienone is 4. The van der Waals surface area contributed by atoms with Crippen molar-refractivity contribution in [2.75, 3.05) is 7.11 Å². The number of methoxy groups -OCH3 is 1. The van der Waals surface area contributed by atoms with Crippen molar-refractivity contribution in [3.8, 4) is 5.75 Å². The van der Waals surface area contributed by atoms with Crippen LogP contribution in [-0.4, -0.2) is 12.2 Å². The first-order valence-corrected chi connectivity index (χ1v) is 10.3. The first kappa shape index (κ1) is 28.5. The van der Waals surface area contributed by atoms with Gasteiger partial charge in [0.15, 0.2) is 23.2 Å². The molecule has 0 amide bonds. The molecule has 0 saturated carbocycles. The van der Waals surface area contributed by atoms with E-state index in [1.807, 2.05) is 13.0 Å². The lowest BCUT2D eigenvalue weighted by Crippen LogP contribution is -2.06. The molecule has 1 aromatic rings. The first-order chi connectivity index (χ1) is 14.5. The highest BCUT2D eigenvalue weighted by Crippen LogP contribution is 2.30. The largest absolute Gasteiger partial charge is 0.505 e. The van der Waals surface area contributed by atoms with Crippen molar-refractivity contribution in [2.45, 2.75) is 52.9 Å². The summed E-state index contributed by atoms with van der Waals surface area (Å²) in [7, 11) is 1.20. The third-order valence-corrected chi connectivity index (χ3v) is 4.99. The van der Waals surface area contributed by atoms with Gasteiger partial charge in [-0.3, -0.25) is 0 Å². The Kier molecular flexibility index (Phi) is 13.3. The van der Waals surface area contributed by atoms with E-state index in [9.17, 15) is 17.6 Å². The summed E-state index contributed by atoms with van der Waals surface area (Å²) in [4.78, 5) is 0. The summed E-state index contributed by atoms with van der Waals surface area (Å²) in [5.74, 6) is -5.76. The molecule has 0 spiro atoms. The molecule has 0 radical (unpaired) electrons. The number of phenols is 1. The van der Waals surface area contributed by atoms with E-state index in [-0.39, 0.29) is 23.0 Å². The molecule has 174 valence electrons. The molecule has 0 heterocycles. The lowest BCUT2D eigenvalue weighted by atomic mass is 9.89. The number of ether oxygens (including phenoxy) is 1. The number of aryl methyl sites for hydroxylation is 1. The Morgan fingerprint density at radius 3 is 2.16 bits per heavy atom. The fourth-order valence-corrected chi connectivity index (χ4v) is 2.60. The zero-order valence-electron chi connectivity index (χ0n) is 18.9. The van der Waals surface area contributed by atoms with Crippen molar-refractivity contribution >= 4 is 0 Å². The van der Waals surface area contributed by atoms with Crippen LogP contribution in [0.1, 0.15) is 52.0 Å². The number of halogens is 4. The molecule has 0 aliphatic heterocycles. The normalized spacial score (nSPS) is 13.3. The first-order valence-electron chi connectivity index (χ1n) is 10.3. The maximum absolute atomic E-state index is 14.1. The monoisotopic (exact) mass is 442 g/mol. The van der Waals surface area contributed by atoms with E-state index in [1.54, 1.807) is 6.92 Å². The van der Waals surface area contributed by atoms with Crippen LogP contribution in [0.4, 0.5) is 17.6 Å². The van der Waals surface area contributed by atoms with Gasteiger partial charge in [0.1, 0.15) is 5.76 Å². The number of hydrogen-bond acceptors (Lipinski definition) is 2. The van der Waals surface area contributed by atoms with Crippen molar-refractivity contribution in [2.24, 2.45) is 11.8 Å². The zero-order valence-corrected chi connectivity index (χ0v) is 18.9. The average Bonchev–Trinajstić information content (AvgIpc) is 2.78. The van der Waals surface area contributed by atoms with Gasteiger partial charge in [-0.15, -0.1) is 6.58 Å². The third-order valence-electron chi connectivity index (χ3n) is 4.99. The summed E-state index contributed by atoms with van der Waals surface area (Å²) in [6.45, 7) is 16.1. The van der Waals surface area contributed by atoms with E-state index in [0.717, 1.165) is 12.5 Å². The number of hydrogen-bond donors (Lipinski definition) is 1. The second kappa shape index (κ2) is 14.5. The number of rotatable bonds is 11. The van der Waals surface area contributed by atoms with Crippen LogP contribution in [0.25, 0.3) is 0 Å². The molecule has 0 fully saturated rings. The van der Waals surface area contributed by atoms with Crippen molar-refractivity contribution in [1.29, 1.82) is 0 Å². The number of benzene rings is 1. The highest BCUT2D eigenvalue weighted by Gasteiger charge is 2.19. The molecule has 0 aromatic heterocycles. The van der Waals surface area contributed by atoms with Crippen LogP contribution in [-0.2, 0) is 11.2 Å². The molecule has 1 N–H and O–H groups in total. The Morgan fingerprint density at radius 2 is 1.65 bits per heavy atom. The van der Waals surface area contributed by atoms with E-state index >= 15 is 0 Å². The standard InChI is InChI=1S/C21H26F4O2.C4H8/c1-12(7-9-16-10-11-17(26)21(25)20(16)24)6-8-13(2)14(3)18(22)19(23)15(4)27-5;1-3-4-2/h10-13,26H,3-4,6-9H2,1-2,5H3;3H,1,4H2,2H3/b19-18-;. The molecule has 0 aliphatic carbocycles. The van der Waals surface area contributed by atoms with Crippen LogP contribution >= 0.6 is 0 Å². The minimum atomic E-state index is -1.24. The molecule has 0 saturated heterocycles. The fraction of sp³-hybridized carbons (Fsp3) is 0.440. The Morgan fingerprint density at radius 1 is 1.06 bits per heavy atom. The van der Waals surface area contributed by atoms with Gasteiger partial charge < -0.3 is 9.84 Å². The number of aromatic hydroxyl groups is 1. The Hall–Kier alpha value is -2.50. The van der Waals surface area contributed by atoms with Crippen molar-refractivity contribution in [3.63, 3.8) is 0 Å². The Bertz CT molecular complexity index is 784. The van der Waals surface area contributed by atoms with Gasteiger partial charge in [0.25, 0.3) is 0 Å². The second-order valence-electron chi connectivity index (χ2n) is 7.47. The molecule has 2 atom stereocenters.